The Balaban J connectivity index is 1.65. The summed E-state index contributed by atoms with van der Waals surface area (Å²) in [6.07, 6.45) is -0.445. The number of hydrogen-bond acceptors (Lipinski definition) is 4. The van der Waals surface area contributed by atoms with Crippen molar-refractivity contribution in [2.24, 2.45) is 0 Å². The summed E-state index contributed by atoms with van der Waals surface area (Å²) in [5.74, 6) is 0.815. The van der Waals surface area contributed by atoms with Gasteiger partial charge in [0.15, 0.2) is 0 Å². The Labute approximate surface area is 138 Å². The number of aliphatic hydroxyl groups excluding tert-OH is 2. The fourth-order valence-electron chi connectivity index (χ4n) is 3.09. The molecule has 1 aliphatic rings. The average molecular weight is 326 g/mol. The number of aliphatic hydroxyl groups is 2. The molecule has 1 aliphatic heterocycles. The molecule has 0 radical (unpaired) electrons. The summed E-state index contributed by atoms with van der Waals surface area (Å²) in [7, 11) is 1.65. The molecular weight excluding hydrogens is 296 g/mol. The number of quaternary nitrogens is 2. The van der Waals surface area contributed by atoms with Crippen LogP contribution in [-0.2, 0) is 11.3 Å². The van der Waals surface area contributed by atoms with Crippen molar-refractivity contribution in [1.29, 1.82) is 0 Å². The quantitative estimate of drug-likeness (QED) is 0.400. The lowest BCUT2D eigenvalue weighted by Crippen LogP contribution is -3.28. The van der Waals surface area contributed by atoms with Crippen molar-refractivity contribution >= 4 is 0 Å². The van der Waals surface area contributed by atoms with Crippen LogP contribution in [0.25, 0.3) is 0 Å². The summed E-state index contributed by atoms with van der Waals surface area (Å²) in [4.78, 5) is 2.87. The third-order valence-electron chi connectivity index (χ3n) is 4.41. The molecule has 4 N–H and O–H groups in total. The molecule has 0 amide bonds. The topological polar surface area (TPSA) is 67.8 Å². The van der Waals surface area contributed by atoms with Crippen molar-refractivity contribution in [2.45, 2.75) is 12.7 Å². The first-order valence-electron chi connectivity index (χ1n) is 8.38. The van der Waals surface area contributed by atoms with Gasteiger partial charge in [-0.3, -0.25) is 0 Å². The summed E-state index contributed by atoms with van der Waals surface area (Å²) in [5.41, 5.74) is 0.996. The monoisotopic (exact) mass is 326 g/mol. The molecule has 130 valence electrons. The third-order valence-corrected chi connectivity index (χ3v) is 4.41. The van der Waals surface area contributed by atoms with Gasteiger partial charge in [0.2, 0.25) is 0 Å². The highest BCUT2D eigenvalue weighted by atomic mass is 16.5. The molecule has 2 rings (SSSR count). The van der Waals surface area contributed by atoms with Gasteiger partial charge in [0.1, 0.15) is 51.1 Å². The molecule has 1 fully saturated rings. The van der Waals surface area contributed by atoms with E-state index in [4.69, 9.17) is 14.6 Å². The van der Waals surface area contributed by atoms with Crippen LogP contribution in [-0.4, -0.2) is 75.9 Å². The van der Waals surface area contributed by atoms with Crippen molar-refractivity contribution in [2.75, 3.05) is 59.6 Å². The SMILES string of the molecule is COc1ccccc1COC[C@H](O)C[NH+]1CC[NH+](CCO)CC1. The van der Waals surface area contributed by atoms with E-state index in [0.717, 1.165) is 50.6 Å². The first kappa shape index (κ1) is 18.2. The zero-order chi connectivity index (χ0) is 16.5. The third kappa shape index (κ3) is 6.08. The van der Waals surface area contributed by atoms with E-state index in [1.807, 2.05) is 24.3 Å². The molecule has 23 heavy (non-hydrogen) atoms. The lowest BCUT2D eigenvalue weighted by molar-refractivity contribution is -1.01. The highest BCUT2D eigenvalue weighted by Crippen LogP contribution is 2.17. The summed E-state index contributed by atoms with van der Waals surface area (Å²) in [6.45, 7) is 6.80. The minimum Gasteiger partial charge on any atom is -0.496 e. The molecule has 0 unspecified atom stereocenters. The molecule has 1 atom stereocenters. The van der Waals surface area contributed by atoms with Gasteiger partial charge in [-0.15, -0.1) is 0 Å². The van der Waals surface area contributed by atoms with Gasteiger partial charge in [0.25, 0.3) is 0 Å². The van der Waals surface area contributed by atoms with E-state index in [1.165, 1.54) is 9.80 Å². The second-order valence-corrected chi connectivity index (χ2v) is 6.16. The van der Waals surface area contributed by atoms with Gasteiger partial charge < -0.3 is 29.5 Å². The van der Waals surface area contributed by atoms with Crippen LogP contribution in [0, 0.1) is 0 Å². The van der Waals surface area contributed by atoms with E-state index in [1.54, 1.807) is 7.11 Å². The molecule has 1 saturated heterocycles. The number of hydrogen-bond donors (Lipinski definition) is 4. The maximum atomic E-state index is 10.2. The Morgan fingerprint density at radius 1 is 1.13 bits per heavy atom. The van der Waals surface area contributed by atoms with Crippen molar-refractivity contribution < 1.29 is 29.5 Å². The zero-order valence-corrected chi connectivity index (χ0v) is 14.0. The molecule has 1 heterocycles. The maximum Gasteiger partial charge on any atom is 0.127 e. The molecule has 0 aliphatic carbocycles. The van der Waals surface area contributed by atoms with Crippen molar-refractivity contribution in [3.63, 3.8) is 0 Å². The van der Waals surface area contributed by atoms with Gasteiger partial charge in [0, 0.05) is 5.56 Å². The predicted molar refractivity (Wildman–Crippen MR) is 86.9 cm³/mol. The van der Waals surface area contributed by atoms with Gasteiger partial charge in [-0.25, -0.2) is 0 Å². The average Bonchev–Trinajstić information content (AvgIpc) is 2.57. The van der Waals surface area contributed by atoms with Crippen LogP contribution in [0.3, 0.4) is 0 Å². The Morgan fingerprint density at radius 3 is 2.52 bits per heavy atom. The Morgan fingerprint density at radius 2 is 1.83 bits per heavy atom. The summed E-state index contributed by atoms with van der Waals surface area (Å²) in [5, 5.41) is 19.1. The maximum absolute atomic E-state index is 10.2. The van der Waals surface area contributed by atoms with Crippen LogP contribution in [0.2, 0.25) is 0 Å². The largest absolute Gasteiger partial charge is 0.496 e. The number of para-hydroxylation sites is 1. The number of ether oxygens (including phenoxy) is 2. The minimum atomic E-state index is -0.445. The first-order chi connectivity index (χ1) is 11.2. The Hall–Kier alpha value is -1.18. The normalized spacial score (nSPS) is 22.7. The molecule has 6 nitrogen and oxygen atoms in total. The molecule has 0 saturated carbocycles. The van der Waals surface area contributed by atoms with Crippen molar-refractivity contribution in [3.05, 3.63) is 29.8 Å². The Bertz CT molecular complexity index is 450. The van der Waals surface area contributed by atoms with E-state index in [9.17, 15) is 5.11 Å². The van der Waals surface area contributed by atoms with Gasteiger partial charge in [0.05, 0.1) is 26.9 Å². The van der Waals surface area contributed by atoms with Crippen LogP contribution < -0.4 is 14.5 Å². The summed E-state index contributed by atoms with van der Waals surface area (Å²) in [6, 6.07) is 7.77. The Kier molecular flexibility index (Phi) is 7.78. The summed E-state index contributed by atoms with van der Waals surface area (Å²) < 4.78 is 10.9. The van der Waals surface area contributed by atoms with E-state index < -0.39 is 6.10 Å². The fourth-order valence-corrected chi connectivity index (χ4v) is 3.09. The van der Waals surface area contributed by atoms with Crippen LogP contribution in [0.1, 0.15) is 5.56 Å². The second-order valence-electron chi connectivity index (χ2n) is 6.16. The van der Waals surface area contributed by atoms with E-state index in [0.29, 0.717) is 13.2 Å². The summed E-state index contributed by atoms with van der Waals surface area (Å²) >= 11 is 0. The van der Waals surface area contributed by atoms with E-state index in [2.05, 4.69) is 0 Å². The zero-order valence-electron chi connectivity index (χ0n) is 14.0. The molecule has 6 heteroatoms. The van der Waals surface area contributed by atoms with Crippen LogP contribution in [0.4, 0.5) is 0 Å². The number of rotatable bonds is 9. The van der Waals surface area contributed by atoms with Gasteiger partial charge in [-0.2, -0.15) is 0 Å². The molecule has 1 aromatic carbocycles. The lowest BCUT2D eigenvalue weighted by Gasteiger charge is -2.30. The smallest absolute Gasteiger partial charge is 0.127 e. The van der Waals surface area contributed by atoms with Crippen LogP contribution >= 0.6 is 0 Å². The number of methoxy groups -OCH3 is 1. The fraction of sp³-hybridized carbons (Fsp3) is 0.647. The molecule has 0 aromatic heterocycles. The van der Waals surface area contributed by atoms with E-state index >= 15 is 0 Å². The molecule has 0 bridgehead atoms. The number of piperazine rings is 1. The van der Waals surface area contributed by atoms with Crippen LogP contribution in [0.15, 0.2) is 24.3 Å². The van der Waals surface area contributed by atoms with Gasteiger partial charge in [-0.05, 0) is 6.07 Å². The predicted octanol–water partition coefficient (Wildman–Crippen LogP) is -2.65. The highest BCUT2D eigenvalue weighted by molar-refractivity contribution is 5.32. The van der Waals surface area contributed by atoms with Crippen LogP contribution in [0.5, 0.6) is 5.75 Å². The van der Waals surface area contributed by atoms with Crippen molar-refractivity contribution in [3.8, 4) is 5.75 Å². The molecular formula is C17H30N2O4+2. The van der Waals surface area contributed by atoms with Gasteiger partial charge in [-0.1, -0.05) is 18.2 Å². The number of benzene rings is 1. The second kappa shape index (κ2) is 9.85. The highest BCUT2D eigenvalue weighted by Gasteiger charge is 2.24. The molecule has 0 spiro atoms. The number of nitrogens with one attached hydrogen (secondary N) is 2. The van der Waals surface area contributed by atoms with Gasteiger partial charge >= 0.3 is 0 Å². The molecule has 1 aromatic rings. The lowest BCUT2D eigenvalue weighted by atomic mass is 10.2. The standard InChI is InChI=1S/C17H28N2O4/c1-22-17-5-3-2-4-15(17)13-23-14-16(21)12-19-8-6-18(7-9-19)10-11-20/h2-5,16,20-21H,6-14H2,1H3/p+2/t16-/m1/s1. The first-order valence-corrected chi connectivity index (χ1v) is 8.38. The minimum absolute atomic E-state index is 0.254. The van der Waals surface area contributed by atoms with Crippen molar-refractivity contribution in [1.82, 2.24) is 0 Å². The van der Waals surface area contributed by atoms with E-state index in [-0.39, 0.29) is 6.61 Å².